The Morgan fingerprint density at radius 3 is 2.67 bits per heavy atom. The highest BCUT2D eigenvalue weighted by Gasteiger charge is 2.32. The minimum atomic E-state index is -0.302. The van der Waals surface area contributed by atoms with Crippen molar-refractivity contribution in [3.05, 3.63) is 0 Å². The maximum absolute atomic E-state index is 11.8. The van der Waals surface area contributed by atoms with Gasteiger partial charge in [-0.05, 0) is 33.1 Å². The van der Waals surface area contributed by atoms with Crippen LogP contribution in [0.5, 0.6) is 0 Å². The fourth-order valence-corrected chi connectivity index (χ4v) is 1.57. The van der Waals surface area contributed by atoms with Gasteiger partial charge in [0, 0.05) is 12.1 Å². The second kappa shape index (κ2) is 4.94. The van der Waals surface area contributed by atoms with Gasteiger partial charge in [0.1, 0.15) is 6.10 Å². The van der Waals surface area contributed by atoms with Gasteiger partial charge < -0.3 is 15.8 Å². The SMILES string of the molecule is CCC(C)(C)NC(=O)[C@@H]1CC[C@H](CN)O1. The minimum Gasteiger partial charge on any atom is -0.364 e. The molecule has 1 aliphatic rings. The summed E-state index contributed by atoms with van der Waals surface area (Å²) < 4.78 is 5.53. The van der Waals surface area contributed by atoms with Gasteiger partial charge in [0.05, 0.1) is 6.10 Å². The van der Waals surface area contributed by atoms with E-state index in [1.165, 1.54) is 0 Å². The van der Waals surface area contributed by atoms with Crippen LogP contribution >= 0.6 is 0 Å². The van der Waals surface area contributed by atoms with Gasteiger partial charge in [-0.1, -0.05) is 6.92 Å². The summed E-state index contributed by atoms with van der Waals surface area (Å²) >= 11 is 0. The van der Waals surface area contributed by atoms with Crippen LogP contribution in [0.1, 0.15) is 40.0 Å². The van der Waals surface area contributed by atoms with Gasteiger partial charge >= 0.3 is 0 Å². The Labute approximate surface area is 91.5 Å². The van der Waals surface area contributed by atoms with Gasteiger partial charge in [-0.3, -0.25) is 4.79 Å². The number of hydrogen-bond acceptors (Lipinski definition) is 3. The Hall–Kier alpha value is -0.610. The van der Waals surface area contributed by atoms with Gasteiger partial charge in [-0.15, -0.1) is 0 Å². The third-order valence-electron chi connectivity index (χ3n) is 3.01. The molecule has 1 fully saturated rings. The zero-order valence-corrected chi connectivity index (χ0v) is 9.88. The third kappa shape index (κ3) is 3.47. The van der Waals surface area contributed by atoms with Crippen molar-refractivity contribution >= 4 is 5.91 Å². The maximum Gasteiger partial charge on any atom is 0.249 e. The summed E-state index contributed by atoms with van der Waals surface area (Å²) in [5, 5.41) is 2.99. The average Bonchev–Trinajstić information content (AvgIpc) is 2.65. The van der Waals surface area contributed by atoms with Crippen molar-refractivity contribution in [2.45, 2.75) is 57.8 Å². The molecule has 88 valence electrons. The van der Waals surface area contributed by atoms with E-state index >= 15 is 0 Å². The summed E-state index contributed by atoms with van der Waals surface area (Å²) in [5.41, 5.74) is 5.34. The van der Waals surface area contributed by atoms with Crippen molar-refractivity contribution in [2.24, 2.45) is 5.73 Å². The molecule has 1 saturated heterocycles. The molecule has 0 aromatic rings. The zero-order chi connectivity index (χ0) is 11.5. The molecule has 1 rings (SSSR count). The molecule has 0 spiro atoms. The van der Waals surface area contributed by atoms with Crippen molar-refractivity contribution < 1.29 is 9.53 Å². The first-order valence-electron chi connectivity index (χ1n) is 5.66. The fraction of sp³-hybridized carbons (Fsp3) is 0.909. The largest absolute Gasteiger partial charge is 0.364 e. The molecule has 1 heterocycles. The number of carbonyl (C=O) groups is 1. The Balaban J connectivity index is 2.42. The molecule has 0 aliphatic carbocycles. The van der Waals surface area contributed by atoms with Gasteiger partial charge in [0.25, 0.3) is 0 Å². The lowest BCUT2D eigenvalue weighted by Crippen LogP contribution is -2.47. The van der Waals surface area contributed by atoms with Crippen molar-refractivity contribution in [3.63, 3.8) is 0 Å². The van der Waals surface area contributed by atoms with E-state index in [2.05, 4.69) is 12.2 Å². The van der Waals surface area contributed by atoms with Gasteiger partial charge in [-0.25, -0.2) is 0 Å². The van der Waals surface area contributed by atoms with Crippen LogP contribution in [0.3, 0.4) is 0 Å². The number of nitrogens with one attached hydrogen (secondary N) is 1. The molecule has 1 amide bonds. The molecule has 0 saturated carbocycles. The first-order valence-corrected chi connectivity index (χ1v) is 5.66. The average molecular weight is 214 g/mol. The van der Waals surface area contributed by atoms with Crippen LogP contribution in [0.15, 0.2) is 0 Å². The Bertz CT molecular complexity index is 229. The summed E-state index contributed by atoms with van der Waals surface area (Å²) in [6.07, 6.45) is 2.34. The summed E-state index contributed by atoms with van der Waals surface area (Å²) in [6.45, 7) is 6.58. The van der Waals surface area contributed by atoms with Crippen molar-refractivity contribution in [1.29, 1.82) is 0 Å². The summed E-state index contributed by atoms with van der Waals surface area (Å²) in [5.74, 6) is -0.00204. The molecule has 4 nitrogen and oxygen atoms in total. The molecular weight excluding hydrogens is 192 g/mol. The van der Waals surface area contributed by atoms with E-state index in [4.69, 9.17) is 10.5 Å². The molecule has 1 aliphatic heterocycles. The van der Waals surface area contributed by atoms with Crippen molar-refractivity contribution in [3.8, 4) is 0 Å². The molecule has 0 aromatic heterocycles. The molecule has 4 heteroatoms. The predicted molar refractivity (Wildman–Crippen MR) is 59.5 cm³/mol. The van der Waals surface area contributed by atoms with Gasteiger partial charge in [0.2, 0.25) is 5.91 Å². The molecule has 15 heavy (non-hydrogen) atoms. The van der Waals surface area contributed by atoms with Crippen LogP contribution in [0.4, 0.5) is 0 Å². The van der Waals surface area contributed by atoms with Crippen molar-refractivity contribution in [2.75, 3.05) is 6.54 Å². The lowest BCUT2D eigenvalue weighted by Gasteiger charge is -2.26. The summed E-state index contributed by atoms with van der Waals surface area (Å²) in [6, 6.07) is 0. The second-order valence-corrected chi connectivity index (χ2v) is 4.79. The number of rotatable bonds is 4. The van der Waals surface area contributed by atoms with E-state index in [-0.39, 0.29) is 23.7 Å². The molecular formula is C11H22N2O2. The number of ether oxygens (including phenoxy) is 1. The smallest absolute Gasteiger partial charge is 0.249 e. The first kappa shape index (κ1) is 12.5. The van der Waals surface area contributed by atoms with Crippen LogP contribution < -0.4 is 11.1 Å². The Kier molecular flexibility index (Phi) is 4.11. The standard InChI is InChI=1S/C11H22N2O2/c1-4-11(2,3)13-10(14)9-6-5-8(7-12)15-9/h8-9H,4-7,12H2,1-3H3,(H,13,14)/t8-,9+/m1/s1. The summed E-state index contributed by atoms with van der Waals surface area (Å²) in [4.78, 5) is 11.8. The van der Waals surface area contributed by atoms with Crippen LogP contribution in [0.25, 0.3) is 0 Å². The number of nitrogens with two attached hydrogens (primary N) is 1. The summed E-state index contributed by atoms with van der Waals surface area (Å²) in [7, 11) is 0. The molecule has 0 aromatic carbocycles. The second-order valence-electron chi connectivity index (χ2n) is 4.79. The van der Waals surface area contributed by atoms with Gasteiger partial charge in [0.15, 0.2) is 0 Å². The molecule has 3 N–H and O–H groups in total. The molecule has 0 radical (unpaired) electrons. The number of amides is 1. The van der Waals surface area contributed by atoms with Gasteiger partial charge in [-0.2, -0.15) is 0 Å². The van der Waals surface area contributed by atoms with Crippen LogP contribution in [0.2, 0.25) is 0 Å². The lowest BCUT2D eigenvalue weighted by atomic mass is 10.0. The molecule has 0 bridgehead atoms. The van der Waals surface area contributed by atoms with E-state index in [0.29, 0.717) is 6.54 Å². The molecule has 0 unspecified atom stereocenters. The van der Waals surface area contributed by atoms with Crippen molar-refractivity contribution in [1.82, 2.24) is 5.32 Å². The van der Waals surface area contributed by atoms with E-state index in [9.17, 15) is 4.79 Å². The fourth-order valence-electron chi connectivity index (χ4n) is 1.57. The zero-order valence-electron chi connectivity index (χ0n) is 9.88. The quantitative estimate of drug-likeness (QED) is 0.727. The Morgan fingerprint density at radius 1 is 1.53 bits per heavy atom. The van der Waals surface area contributed by atoms with E-state index in [1.807, 2.05) is 13.8 Å². The van der Waals surface area contributed by atoms with Crippen LogP contribution in [0, 0.1) is 0 Å². The van der Waals surface area contributed by atoms with E-state index < -0.39 is 0 Å². The maximum atomic E-state index is 11.8. The highest BCUT2D eigenvalue weighted by Crippen LogP contribution is 2.20. The highest BCUT2D eigenvalue weighted by atomic mass is 16.5. The topological polar surface area (TPSA) is 64.4 Å². The number of carbonyl (C=O) groups excluding carboxylic acids is 1. The normalized spacial score (nSPS) is 26.7. The minimum absolute atomic E-state index is 0.00204. The molecule has 2 atom stereocenters. The van der Waals surface area contributed by atoms with E-state index in [0.717, 1.165) is 19.3 Å². The van der Waals surface area contributed by atoms with Crippen LogP contribution in [-0.4, -0.2) is 30.2 Å². The lowest BCUT2D eigenvalue weighted by molar-refractivity contribution is -0.133. The first-order chi connectivity index (χ1) is 6.98. The number of hydrogen-bond donors (Lipinski definition) is 2. The predicted octanol–water partition coefficient (Wildman–Crippen LogP) is 0.797. The van der Waals surface area contributed by atoms with E-state index in [1.54, 1.807) is 0 Å². The monoisotopic (exact) mass is 214 g/mol. The Morgan fingerprint density at radius 2 is 2.20 bits per heavy atom. The highest BCUT2D eigenvalue weighted by molar-refractivity contribution is 5.81. The third-order valence-corrected chi connectivity index (χ3v) is 3.01. The van der Waals surface area contributed by atoms with Crippen LogP contribution in [-0.2, 0) is 9.53 Å².